The van der Waals surface area contributed by atoms with E-state index < -0.39 is 22.1 Å². The van der Waals surface area contributed by atoms with Crippen LogP contribution in [0.25, 0.3) is 0 Å². The average Bonchev–Trinajstić information content (AvgIpc) is 2.16. The summed E-state index contributed by atoms with van der Waals surface area (Å²) in [6.07, 6.45) is 1.14. The van der Waals surface area contributed by atoms with Gasteiger partial charge in [0.1, 0.15) is 0 Å². The van der Waals surface area contributed by atoms with Gasteiger partial charge < -0.3 is 5.11 Å². The fraction of sp³-hybridized carbons (Fsp3) is 0.889. The summed E-state index contributed by atoms with van der Waals surface area (Å²) >= 11 is 0. The molecule has 0 spiro atoms. The molecule has 16 heavy (non-hydrogen) atoms. The smallest absolute Gasteiger partial charge is 0.307 e. The van der Waals surface area contributed by atoms with Crippen molar-refractivity contribution in [2.45, 2.75) is 32.7 Å². The Hall–Kier alpha value is -0.660. The van der Waals surface area contributed by atoms with Crippen molar-refractivity contribution >= 4 is 16.2 Å². The van der Waals surface area contributed by atoms with Crippen LogP contribution in [0.3, 0.4) is 0 Å². The number of aliphatic carboxylic acids is 1. The van der Waals surface area contributed by atoms with Gasteiger partial charge in [0, 0.05) is 19.1 Å². The number of rotatable bonds is 4. The molecule has 94 valence electrons. The van der Waals surface area contributed by atoms with Crippen LogP contribution in [0.5, 0.6) is 0 Å². The lowest BCUT2D eigenvalue weighted by Crippen LogP contribution is -2.49. The van der Waals surface area contributed by atoms with Crippen LogP contribution in [-0.4, -0.2) is 42.9 Å². The van der Waals surface area contributed by atoms with Crippen LogP contribution in [0.1, 0.15) is 26.7 Å². The number of nitrogens with one attached hydrogen (secondary N) is 1. The molecule has 1 aliphatic rings. The predicted octanol–water partition coefficient (Wildman–Crippen LogP) is 0.0258. The summed E-state index contributed by atoms with van der Waals surface area (Å²) in [5.41, 5.74) is 0. The van der Waals surface area contributed by atoms with E-state index in [1.165, 1.54) is 4.31 Å². The molecule has 1 fully saturated rings. The molecule has 0 unspecified atom stereocenters. The number of nitrogens with zero attached hydrogens (tertiary/aromatic N) is 1. The van der Waals surface area contributed by atoms with Crippen molar-refractivity contribution in [3.8, 4) is 0 Å². The zero-order valence-electron chi connectivity index (χ0n) is 9.51. The molecule has 0 aliphatic carbocycles. The van der Waals surface area contributed by atoms with E-state index in [0.717, 1.165) is 0 Å². The molecule has 0 radical (unpaired) electrons. The lowest BCUT2D eigenvalue weighted by Gasteiger charge is -2.30. The van der Waals surface area contributed by atoms with Crippen molar-refractivity contribution in [3.05, 3.63) is 0 Å². The molecule has 1 aliphatic heterocycles. The first kappa shape index (κ1) is 13.4. The van der Waals surface area contributed by atoms with Crippen LogP contribution in [-0.2, 0) is 15.0 Å². The minimum Gasteiger partial charge on any atom is -0.481 e. The van der Waals surface area contributed by atoms with Crippen LogP contribution in [0.4, 0.5) is 0 Å². The molecular weight excluding hydrogens is 232 g/mol. The van der Waals surface area contributed by atoms with Gasteiger partial charge in [-0.3, -0.25) is 4.79 Å². The molecule has 0 aromatic rings. The number of carboxylic acids is 1. The molecule has 0 amide bonds. The number of hydrogen-bond donors (Lipinski definition) is 2. The molecule has 6 nitrogen and oxygen atoms in total. The summed E-state index contributed by atoms with van der Waals surface area (Å²) in [6.45, 7) is 3.93. The highest BCUT2D eigenvalue weighted by Crippen LogP contribution is 2.18. The van der Waals surface area contributed by atoms with E-state index in [4.69, 9.17) is 5.11 Å². The molecule has 2 N–H and O–H groups in total. The zero-order chi connectivity index (χ0) is 12.3. The van der Waals surface area contributed by atoms with Crippen LogP contribution in [0, 0.1) is 5.92 Å². The molecule has 1 heterocycles. The molecule has 1 atom stereocenters. The van der Waals surface area contributed by atoms with Crippen molar-refractivity contribution in [1.29, 1.82) is 0 Å². The van der Waals surface area contributed by atoms with Crippen molar-refractivity contribution in [3.63, 3.8) is 0 Å². The second-order valence-corrected chi connectivity index (χ2v) is 6.02. The standard InChI is InChI=1S/C9H18N2O4S/c1-7(2)10-16(14,15)11-5-3-4-8(6-11)9(12)13/h7-8,10H,3-6H2,1-2H3,(H,12,13)/t8-/m0/s1. The van der Waals surface area contributed by atoms with Crippen molar-refractivity contribution in [2.75, 3.05) is 13.1 Å². The lowest BCUT2D eigenvalue weighted by molar-refractivity contribution is -0.142. The summed E-state index contributed by atoms with van der Waals surface area (Å²) in [4.78, 5) is 10.8. The fourth-order valence-corrected chi connectivity index (χ4v) is 3.23. The minimum absolute atomic E-state index is 0.0669. The maximum Gasteiger partial charge on any atom is 0.307 e. The predicted molar refractivity (Wildman–Crippen MR) is 59.1 cm³/mol. The van der Waals surface area contributed by atoms with Crippen molar-refractivity contribution < 1.29 is 18.3 Å². The van der Waals surface area contributed by atoms with E-state index in [1.54, 1.807) is 13.8 Å². The molecule has 0 aromatic carbocycles. The molecular formula is C9H18N2O4S. The monoisotopic (exact) mass is 250 g/mol. The van der Waals surface area contributed by atoms with E-state index >= 15 is 0 Å². The van der Waals surface area contributed by atoms with Gasteiger partial charge in [0.05, 0.1) is 5.92 Å². The highest BCUT2D eigenvalue weighted by molar-refractivity contribution is 7.87. The third-order valence-electron chi connectivity index (χ3n) is 2.46. The first-order chi connectivity index (χ1) is 7.33. The molecule has 7 heteroatoms. The van der Waals surface area contributed by atoms with Crippen LogP contribution < -0.4 is 4.72 Å². The Balaban J connectivity index is 2.70. The molecule has 0 saturated carbocycles. The Morgan fingerprint density at radius 1 is 1.50 bits per heavy atom. The Morgan fingerprint density at radius 2 is 2.12 bits per heavy atom. The third-order valence-corrected chi connectivity index (χ3v) is 4.24. The van der Waals surface area contributed by atoms with Gasteiger partial charge in [-0.15, -0.1) is 0 Å². The Labute approximate surface area is 95.8 Å². The fourth-order valence-electron chi connectivity index (χ4n) is 1.73. The maximum absolute atomic E-state index is 11.8. The summed E-state index contributed by atoms with van der Waals surface area (Å²) in [5, 5.41) is 8.86. The highest BCUT2D eigenvalue weighted by atomic mass is 32.2. The third kappa shape index (κ3) is 3.43. The second-order valence-electron chi connectivity index (χ2n) is 4.31. The van der Waals surface area contributed by atoms with Gasteiger partial charge >= 0.3 is 5.97 Å². The Bertz CT molecular complexity index is 353. The summed E-state index contributed by atoms with van der Waals surface area (Å²) in [7, 11) is -3.53. The van der Waals surface area contributed by atoms with Gasteiger partial charge in [-0.2, -0.15) is 17.4 Å². The van der Waals surface area contributed by atoms with Gasteiger partial charge in [0.2, 0.25) is 0 Å². The Kier molecular flexibility index (Phi) is 4.28. The van der Waals surface area contributed by atoms with E-state index in [-0.39, 0.29) is 12.6 Å². The van der Waals surface area contributed by atoms with Crippen LogP contribution in [0.2, 0.25) is 0 Å². The van der Waals surface area contributed by atoms with Crippen molar-refractivity contribution in [2.24, 2.45) is 5.92 Å². The summed E-state index contributed by atoms with van der Waals surface area (Å²) in [6, 6.07) is -0.185. The lowest BCUT2D eigenvalue weighted by atomic mass is 10.0. The normalized spacial score (nSPS) is 23.6. The van der Waals surface area contributed by atoms with E-state index in [0.29, 0.717) is 19.4 Å². The number of carboxylic acid groups (broad SMARTS) is 1. The molecule has 0 bridgehead atoms. The highest BCUT2D eigenvalue weighted by Gasteiger charge is 2.32. The number of hydrogen-bond acceptors (Lipinski definition) is 3. The second kappa shape index (κ2) is 5.11. The largest absolute Gasteiger partial charge is 0.481 e. The van der Waals surface area contributed by atoms with Gasteiger partial charge in [-0.05, 0) is 26.7 Å². The average molecular weight is 250 g/mol. The summed E-state index contributed by atoms with van der Waals surface area (Å²) in [5.74, 6) is -1.51. The number of piperidine rings is 1. The molecule has 1 rings (SSSR count). The SMILES string of the molecule is CC(C)NS(=O)(=O)N1CCC[C@H](C(=O)O)C1. The van der Waals surface area contributed by atoms with Crippen molar-refractivity contribution in [1.82, 2.24) is 9.03 Å². The van der Waals surface area contributed by atoms with Crippen LogP contribution in [0.15, 0.2) is 0 Å². The quantitative estimate of drug-likeness (QED) is 0.736. The first-order valence-electron chi connectivity index (χ1n) is 5.33. The van der Waals surface area contributed by atoms with E-state index in [2.05, 4.69) is 4.72 Å². The molecule has 0 aromatic heterocycles. The van der Waals surface area contributed by atoms with Gasteiger partial charge in [-0.25, -0.2) is 0 Å². The van der Waals surface area contributed by atoms with E-state index in [9.17, 15) is 13.2 Å². The Morgan fingerprint density at radius 3 is 2.62 bits per heavy atom. The van der Waals surface area contributed by atoms with Gasteiger partial charge in [0.15, 0.2) is 0 Å². The topological polar surface area (TPSA) is 86.7 Å². The van der Waals surface area contributed by atoms with E-state index in [1.807, 2.05) is 0 Å². The summed E-state index contributed by atoms with van der Waals surface area (Å²) < 4.78 is 27.2. The zero-order valence-corrected chi connectivity index (χ0v) is 10.3. The molecule has 1 saturated heterocycles. The first-order valence-corrected chi connectivity index (χ1v) is 6.77. The van der Waals surface area contributed by atoms with Crippen LogP contribution >= 0.6 is 0 Å². The minimum atomic E-state index is -3.53. The van der Waals surface area contributed by atoms with Gasteiger partial charge in [-0.1, -0.05) is 0 Å². The van der Waals surface area contributed by atoms with Gasteiger partial charge in [0.25, 0.3) is 10.2 Å². The number of carbonyl (C=O) groups is 1. The maximum atomic E-state index is 11.8.